The van der Waals surface area contributed by atoms with Crippen molar-refractivity contribution in [2.45, 2.75) is 0 Å². The van der Waals surface area contributed by atoms with E-state index in [4.69, 9.17) is 12.2 Å². The maximum Gasteiger partial charge on any atom is 0.279 e. The number of benzene rings is 2. The molecule has 0 saturated carbocycles. The number of hydrogen-bond donors (Lipinski definition) is 2. The highest BCUT2D eigenvalue weighted by molar-refractivity contribution is 7.71. The molecule has 4 rings (SSSR count). The van der Waals surface area contributed by atoms with Crippen LogP contribution in [0.15, 0.2) is 29.1 Å². The first-order valence-corrected chi connectivity index (χ1v) is 8.40. The van der Waals surface area contributed by atoms with Crippen LogP contribution >= 0.6 is 12.2 Å². The van der Waals surface area contributed by atoms with Crippen molar-refractivity contribution in [1.29, 1.82) is 0 Å². The van der Waals surface area contributed by atoms with Gasteiger partial charge in [0.1, 0.15) is 0 Å². The van der Waals surface area contributed by atoms with E-state index in [-0.39, 0.29) is 32.8 Å². The molecule has 0 aliphatic carbocycles. The van der Waals surface area contributed by atoms with Crippen molar-refractivity contribution < 1.29 is 26.3 Å². The van der Waals surface area contributed by atoms with Crippen LogP contribution in [0.3, 0.4) is 0 Å². The lowest BCUT2D eigenvalue weighted by Gasteiger charge is -2.11. The number of nitrogens with one attached hydrogen (secondary N) is 2. The van der Waals surface area contributed by atoms with E-state index >= 15 is 0 Å². The molecule has 5 nitrogen and oxygen atoms in total. The zero-order valence-electron chi connectivity index (χ0n) is 14.3. The van der Waals surface area contributed by atoms with E-state index < -0.39 is 46.2 Å². The molecule has 0 radical (unpaired) electrons. The molecule has 12 heteroatoms. The molecule has 0 spiro atoms. The number of aromatic nitrogens is 4. The minimum Gasteiger partial charge on any atom is -0.315 e. The molecule has 0 aliphatic heterocycles. The summed E-state index contributed by atoms with van der Waals surface area (Å²) in [5.41, 5.74) is -2.91. The van der Waals surface area contributed by atoms with E-state index in [1.807, 2.05) is 0 Å². The molecule has 2 aromatic carbocycles. The van der Waals surface area contributed by atoms with E-state index in [1.54, 1.807) is 0 Å². The van der Waals surface area contributed by atoms with Crippen LogP contribution in [0.5, 0.6) is 0 Å². The molecule has 2 aromatic heterocycles. The van der Waals surface area contributed by atoms with Crippen LogP contribution in [0.2, 0.25) is 0 Å². The first kappa shape index (κ1) is 19.8. The Bertz CT molecular complexity index is 1420. The molecule has 30 heavy (non-hydrogen) atoms. The molecule has 2 N–H and O–H groups in total. The second-order valence-corrected chi connectivity index (χ2v) is 6.44. The van der Waals surface area contributed by atoms with Crippen molar-refractivity contribution in [3.63, 3.8) is 0 Å². The Labute approximate surface area is 167 Å². The van der Waals surface area contributed by atoms with Crippen LogP contribution in [0.4, 0.5) is 26.3 Å². The van der Waals surface area contributed by atoms with Gasteiger partial charge < -0.3 is 4.98 Å². The normalized spacial score (nSPS) is 11.3. The van der Waals surface area contributed by atoms with Gasteiger partial charge in [0.05, 0.1) is 11.4 Å². The quantitative estimate of drug-likeness (QED) is 0.273. The number of fused-ring (bicyclic) bond motifs is 1. The number of aromatic amines is 2. The molecule has 152 valence electrons. The number of hydrogen-bond acceptors (Lipinski definition) is 4. The molecule has 4 aromatic rings. The highest BCUT2D eigenvalue weighted by Gasteiger charge is 2.21. The lowest BCUT2D eigenvalue weighted by molar-refractivity contribution is 0.447. The van der Waals surface area contributed by atoms with Gasteiger partial charge in [-0.25, -0.2) is 36.3 Å². The summed E-state index contributed by atoms with van der Waals surface area (Å²) in [7, 11) is 0. The Morgan fingerprint density at radius 3 is 1.60 bits per heavy atom. The standard InChI is InChI=1S/C18H6F6N4OS/c19-7-1-5(2-8(20)11(7)23)13-14(6-3-9(21)12(24)10(22)4-6)26-16-15(25-13)17(29)28-18(30)27-16/h1-4H,(H2,26,27,28,29,30). The maximum absolute atomic E-state index is 13.8. The highest BCUT2D eigenvalue weighted by atomic mass is 32.1. The van der Waals surface area contributed by atoms with Gasteiger partial charge >= 0.3 is 0 Å². The van der Waals surface area contributed by atoms with Crippen LogP contribution in [0.1, 0.15) is 0 Å². The van der Waals surface area contributed by atoms with Crippen molar-refractivity contribution in [2.75, 3.05) is 0 Å². The van der Waals surface area contributed by atoms with Crippen molar-refractivity contribution in [1.82, 2.24) is 19.9 Å². The average Bonchev–Trinajstić information content (AvgIpc) is 2.68. The number of rotatable bonds is 2. The van der Waals surface area contributed by atoms with E-state index in [2.05, 4.69) is 19.9 Å². The Morgan fingerprint density at radius 2 is 1.13 bits per heavy atom. The van der Waals surface area contributed by atoms with Crippen LogP contribution in [0.25, 0.3) is 33.7 Å². The first-order chi connectivity index (χ1) is 14.2. The van der Waals surface area contributed by atoms with Crippen LogP contribution in [-0.2, 0) is 0 Å². The lowest BCUT2D eigenvalue weighted by atomic mass is 10.0. The Morgan fingerprint density at radius 1 is 0.700 bits per heavy atom. The molecule has 0 amide bonds. The van der Waals surface area contributed by atoms with Gasteiger partial charge in [-0.3, -0.25) is 9.78 Å². The summed E-state index contributed by atoms with van der Waals surface area (Å²) in [6.45, 7) is 0. The van der Waals surface area contributed by atoms with Gasteiger partial charge in [0.2, 0.25) is 0 Å². The third kappa shape index (κ3) is 3.24. The molecule has 0 saturated heterocycles. The predicted molar refractivity (Wildman–Crippen MR) is 96.0 cm³/mol. The van der Waals surface area contributed by atoms with Crippen molar-refractivity contribution in [3.05, 3.63) is 74.3 Å². The van der Waals surface area contributed by atoms with Gasteiger partial charge in [-0.15, -0.1) is 0 Å². The number of halogens is 6. The molecule has 0 atom stereocenters. The third-order valence-electron chi connectivity index (χ3n) is 4.08. The fourth-order valence-electron chi connectivity index (χ4n) is 2.77. The molecule has 0 aliphatic rings. The first-order valence-electron chi connectivity index (χ1n) is 8.00. The largest absolute Gasteiger partial charge is 0.315 e. The van der Waals surface area contributed by atoms with Crippen molar-refractivity contribution in [3.8, 4) is 22.5 Å². The zero-order chi connectivity index (χ0) is 21.7. The van der Waals surface area contributed by atoms with Gasteiger partial charge in [-0.05, 0) is 36.5 Å². The topological polar surface area (TPSA) is 74.4 Å². The van der Waals surface area contributed by atoms with E-state index in [0.29, 0.717) is 24.3 Å². The summed E-state index contributed by atoms with van der Waals surface area (Å²) in [5.74, 6) is -9.77. The molecule has 2 heterocycles. The highest BCUT2D eigenvalue weighted by Crippen LogP contribution is 2.33. The summed E-state index contributed by atoms with van der Waals surface area (Å²) in [5, 5.41) is 0. The zero-order valence-corrected chi connectivity index (χ0v) is 15.1. The van der Waals surface area contributed by atoms with Crippen LogP contribution in [0, 0.1) is 39.7 Å². The Kier molecular flexibility index (Phi) is 4.65. The summed E-state index contributed by atoms with van der Waals surface area (Å²) < 4.78 is 81.7. The molecular weight excluding hydrogens is 434 g/mol. The molecule has 0 bridgehead atoms. The van der Waals surface area contributed by atoms with E-state index in [9.17, 15) is 31.1 Å². The van der Waals surface area contributed by atoms with Gasteiger partial charge in [-0.2, -0.15) is 0 Å². The van der Waals surface area contributed by atoms with Crippen molar-refractivity contribution in [2.24, 2.45) is 0 Å². The monoisotopic (exact) mass is 440 g/mol. The lowest BCUT2D eigenvalue weighted by Crippen LogP contribution is -2.12. The van der Waals surface area contributed by atoms with Gasteiger partial charge in [0.25, 0.3) is 5.56 Å². The number of nitrogens with zero attached hydrogens (tertiary/aromatic N) is 2. The molecule has 0 fully saturated rings. The minimum atomic E-state index is -1.75. The SMILES string of the molecule is O=c1[nH]c(=S)[nH]c2nc(-c3cc(F)c(F)c(F)c3)c(-c3cc(F)c(F)c(F)c3)nc12. The predicted octanol–water partition coefficient (Wildman–Crippen LogP) is 4.54. The van der Waals surface area contributed by atoms with Crippen molar-refractivity contribution >= 4 is 23.4 Å². The summed E-state index contributed by atoms with van der Waals surface area (Å²) in [6.07, 6.45) is 0. The van der Waals surface area contributed by atoms with E-state index in [0.717, 1.165) is 0 Å². The van der Waals surface area contributed by atoms with Gasteiger partial charge in [0, 0.05) is 11.1 Å². The fraction of sp³-hybridized carbons (Fsp3) is 0. The third-order valence-corrected chi connectivity index (χ3v) is 4.29. The molecule has 0 unspecified atom stereocenters. The number of H-pyrrole nitrogens is 2. The fourth-order valence-corrected chi connectivity index (χ4v) is 2.96. The van der Waals surface area contributed by atoms with E-state index in [1.165, 1.54) is 0 Å². The minimum absolute atomic E-state index is 0.143. The maximum atomic E-state index is 13.8. The van der Waals surface area contributed by atoms with Gasteiger partial charge in [-0.1, -0.05) is 0 Å². The van der Waals surface area contributed by atoms with Crippen LogP contribution < -0.4 is 5.56 Å². The van der Waals surface area contributed by atoms with Gasteiger partial charge in [0.15, 0.2) is 50.8 Å². The summed E-state index contributed by atoms with van der Waals surface area (Å²) in [4.78, 5) is 24.9. The average molecular weight is 440 g/mol. The summed E-state index contributed by atoms with van der Waals surface area (Å²) in [6, 6.07) is 2.28. The Balaban J connectivity index is 2.14. The summed E-state index contributed by atoms with van der Waals surface area (Å²) >= 11 is 4.83. The molecular formula is C18H6F6N4OS. The van der Waals surface area contributed by atoms with Crippen LogP contribution in [-0.4, -0.2) is 19.9 Å². The Hall–Kier alpha value is -3.54. The smallest absolute Gasteiger partial charge is 0.279 e. The second kappa shape index (κ2) is 7.06. The second-order valence-electron chi connectivity index (χ2n) is 6.03.